The monoisotopic (exact) mass is 522 g/mol. The quantitative estimate of drug-likeness (QED) is 0.541. The van der Waals surface area contributed by atoms with Gasteiger partial charge in [0.2, 0.25) is 17.7 Å². The Hall–Kier alpha value is -3.63. The lowest BCUT2D eigenvalue weighted by molar-refractivity contribution is -0.137. The molecule has 38 heavy (non-hydrogen) atoms. The lowest BCUT2D eigenvalue weighted by atomic mass is 10.0. The number of rotatable bonds is 7. The van der Waals surface area contributed by atoms with Crippen LogP contribution in [0.5, 0.6) is 0 Å². The van der Waals surface area contributed by atoms with Gasteiger partial charge in [0.1, 0.15) is 11.9 Å². The molecule has 1 unspecified atom stereocenters. The number of piperidine rings is 1. The fourth-order valence-electron chi connectivity index (χ4n) is 5.21. The van der Waals surface area contributed by atoms with E-state index in [0.717, 1.165) is 29.8 Å². The van der Waals surface area contributed by atoms with Crippen LogP contribution in [0.15, 0.2) is 30.3 Å². The summed E-state index contributed by atoms with van der Waals surface area (Å²) in [5.74, 6) is -1.62. The van der Waals surface area contributed by atoms with Crippen LogP contribution in [0.4, 0.5) is 10.1 Å². The van der Waals surface area contributed by atoms with Crippen LogP contribution in [0.1, 0.15) is 51.9 Å². The number of ether oxygens (including phenoxy) is 1. The maximum Gasteiger partial charge on any atom is 0.255 e. The topological polar surface area (TPSA) is 108 Å². The van der Waals surface area contributed by atoms with Crippen LogP contribution < -0.4 is 10.6 Å². The number of hydrogen-bond acceptors (Lipinski definition) is 6. The molecule has 9 nitrogen and oxygen atoms in total. The Morgan fingerprint density at radius 2 is 1.95 bits per heavy atom. The number of benzene rings is 2. The number of nitrogens with one attached hydrogen (secondary N) is 2. The molecule has 0 saturated carbocycles. The molecule has 0 aliphatic carbocycles. The van der Waals surface area contributed by atoms with Gasteiger partial charge in [0.05, 0.1) is 13.2 Å². The molecule has 0 bridgehead atoms. The molecule has 1 atom stereocenters. The van der Waals surface area contributed by atoms with Crippen molar-refractivity contribution in [2.75, 3.05) is 31.6 Å². The first-order valence-electron chi connectivity index (χ1n) is 12.9. The van der Waals surface area contributed by atoms with Crippen molar-refractivity contribution in [2.24, 2.45) is 0 Å². The molecule has 3 aliphatic heterocycles. The minimum Gasteiger partial charge on any atom is -0.379 e. The van der Waals surface area contributed by atoms with E-state index in [1.54, 1.807) is 13.0 Å². The smallest absolute Gasteiger partial charge is 0.255 e. The lowest BCUT2D eigenvalue weighted by Gasteiger charge is -2.29. The summed E-state index contributed by atoms with van der Waals surface area (Å²) in [6.07, 6.45) is 1.08. The van der Waals surface area contributed by atoms with Gasteiger partial charge in [-0.15, -0.1) is 0 Å². The third kappa shape index (κ3) is 5.61. The van der Waals surface area contributed by atoms with E-state index in [9.17, 15) is 23.6 Å². The van der Waals surface area contributed by atoms with Gasteiger partial charge in [0.15, 0.2) is 0 Å². The van der Waals surface area contributed by atoms with Gasteiger partial charge in [-0.25, -0.2) is 4.39 Å². The van der Waals surface area contributed by atoms with E-state index in [2.05, 4.69) is 15.5 Å². The summed E-state index contributed by atoms with van der Waals surface area (Å²) in [5, 5.41) is 5.11. The standard InChI is InChI=1S/C28H31FN4O5/c1-17-20(15-32-8-10-38-11-9-32)13-21(14-23(17)29)30-25(34)6-3-18-2-4-19-16-33(28(37)22(19)12-18)24-5-7-26(35)31-27(24)36/h2,4,12-14,24H,3,5-11,15-16H2,1H3,(H,30,34)(H,31,35,36). The van der Waals surface area contributed by atoms with Gasteiger partial charge in [-0.3, -0.25) is 29.4 Å². The number of amides is 4. The molecule has 3 heterocycles. The summed E-state index contributed by atoms with van der Waals surface area (Å²) in [4.78, 5) is 53.1. The van der Waals surface area contributed by atoms with Gasteiger partial charge < -0.3 is 15.0 Å². The van der Waals surface area contributed by atoms with Crippen LogP contribution in [-0.2, 0) is 38.6 Å². The number of hydrogen-bond donors (Lipinski definition) is 2. The fourth-order valence-corrected chi connectivity index (χ4v) is 5.21. The van der Waals surface area contributed by atoms with Gasteiger partial charge >= 0.3 is 0 Å². The summed E-state index contributed by atoms with van der Waals surface area (Å²) in [7, 11) is 0. The summed E-state index contributed by atoms with van der Waals surface area (Å²) in [6.45, 7) is 5.52. The van der Waals surface area contributed by atoms with E-state index in [1.165, 1.54) is 11.0 Å². The van der Waals surface area contributed by atoms with Crippen molar-refractivity contribution in [2.45, 2.75) is 51.7 Å². The van der Waals surface area contributed by atoms with E-state index < -0.39 is 11.9 Å². The lowest BCUT2D eigenvalue weighted by Crippen LogP contribution is -2.52. The molecule has 2 saturated heterocycles. The molecule has 4 amide bonds. The molecular formula is C28H31FN4O5. The number of anilines is 1. The molecular weight excluding hydrogens is 491 g/mol. The molecule has 2 aromatic carbocycles. The maximum atomic E-state index is 14.6. The Kier molecular flexibility index (Phi) is 7.53. The molecule has 2 N–H and O–H groups in total. The zero-order valence-electron chi connectivity index (χ0n) is 21.3. The highest BCUT2D eigenvalue weighted by Crippen LogP contribution is 2.29. The van der Waals surface area contributed by atoms with Crippen LogP contribution in [0.2, 0.25) is 0 Å². The van der Waals surface area contributed by atoms with Crippen LogP contribution in [0.3, 0.4) is 0 Å². The SMILES string of the molecule is Cc1c(F)cc(NC(=O)CCc2ccc3c(c2)C(=O)N(C2CCC(=O)NC2=O)C3)cc1CN1CCOCC1. The number of nitrogens with zero attached hydrogens (tertiary/aromatic N) is 2. The summed E-state index contributed by atoms with van der Waals surface area (Å²) < 4.78 is 20.0. The molecule has 5 rings (SSSR count). The Balaban J connectivity index is 1.19. The van der Waals surface area contributed by atoms with E-state index in [1.807, 2.05) is 18.2 Å². The highest BCUT2D eigenvalue weighted by molar-refractivity contribution is 6.05. The Morgan fingerprint density at radius 1 is 1.16 bits per heavy atom. The van der Waals surface area contributed by atoms with E-state index in [0.29, 0.717) is 56.0 Å². The molecule has 0 spiro atoms. The molecule has 0 aromatic heterocycles. The zero-order valence-corrected chi connectivity index (χ0v) is 21.3. The van der Waals surface area contributed by atoms with E-state index in [-0.39, 0.29) is 36.4 Å². The van der Waals surface area contributed by atoms with Crippen molar-refractivity contribution in [3.63, 3.8) is 0 Å². The normalized spacial score (nSPS) is 19.9. The molecule has 2 aromatic rings. The zero-order chi connectivity index (χ0) is 26.8. The Labute approximate surface area is 220 Å². The van der Waals surface area contributed by atoms with Crippen molar-refractivity contribution in [3.8, 4) is 0 Å². The Morgan fingerprint density at radius 3 is 2.71 bits per heavy atom. The van der Waals surface area contributed by atoms with Crippen molar-refractivity contribution in [1.29, 1.82) is 0 Å². The fraction of sp³-hybridized carbons (Fsp3) is 0.429. The largest absolute Gasteiger partial charge is 0.379 e. The van der Waals surface area contributed by atoms with Crippen LogP contribution in [-0.4, -0.2) is 65.8 Å². The highest BCUT2D eigenvalue weighted by atomic mass is 19.1. The molecule has 200 valence electrons. The van der Waals surface area contributed by atoms with Crippen LogP contribution in [0.25, 0.3) is 0 Å². The molecule has 2 fully saturated rings. The third-order valence-corrected chi connectivity index (χ3v) is 7.47. The predicted octanol–water partition coefficient (Wildman–Crippen LogP) is 2.30. The van der Waals surface area contributed by atoms with Crippen molar-refractivity contribution in [1.82, 2.24) is 15.1 Å². The minimum atomic E-state index is -0.662. The number of morpholine rings is 1. The van der Waals surface area contributed by atoms with Gasteiger partial charge in [-0.1, -0.05) is 12.1 Å². The molecule has 10 heteroatoms. The number of carbonyl (C=O) groups is 4. The van der Waals surface area contributed by atoms with Gasteiger partial charge in [-0.2, -0.15) is 0 Å². The van der Waals surface area contributed by atoms with Crippen LogP contribution >= 0.6 is 0 Å². The number of fused-ring (bicyclic) bond motifs is 1. The first-order valence-corrected chi connectivity index (χ1v) is 12.9. The van der Waals surface area contributed by atoms with Gasteiger partial charge in [-0.05, 0) is 60.2 Å². The first kappa shape index (κ1) is 26.0. The van der Waals surface area contributed by atoms with Crippen LogP contribution in [0, 0.1) is 12.7 Å². The van der Waals surface area contributed by atoms with Crippen molar-refractivity contribution < 1.29 is 28.3 Å². The maximum absolute atomic E-state index is 14.6. The van der Waals surface area contributed by atoms with Gasteiger partial charge in [0.25, 0.3) is 5.91 Å². The third-order valence-electron chi connectivity index (χ3n) is 7.47. The second kappa shape index (κ2) is 11.0. The summed E-state index contributed by atoms with van der Waals surface area (Å²) in [6, 6.07) is 7.99. The predicted molar refractivity (Wildman–Crippen MR) is 137 cm³/mol. The molecule has 3 aliphatic rings. The average molecular weight is 523 g/mol. The number of aryl methyl sites for hydroxylation is 1. The minimum absolute atomic E-state index is 0.165. The van der Waals surface area contributed by atoms with E-state index in [4.69, 9.17) is 4.74 Å². The molecule has 0 radical (unpaired) electrons. The van der Waals surface area contributed by atoms with Crippen molar-refractivity contribution >= 4 is 29.3 Å². The summed E-state index contributed by atoms with van der Waals surface area (Å²) >= 11 is 0. The second-order valence-corrected chi connectivity index (χ2v) is 10.1. The second-order valence-electron chi connectivity index (χ2n) is 10.1. The number of halogens is 1. The number of imide groups is 1. The van der Waals surface area contributed by atoms with E-state index >= 15 is 0 Å². The average Bonchev–Trinajstić information content (AvgIpc) is 3.22. The first-order chi connectivity index (χ1) is 18.3. The highest BCUT2D eigenvalue weighted by Gasteiger charge is 2.39. The number of carbonyl (C=O) groups excluding carboxylic acids is 4. The van der Waals surface area contributed by atoms with Crippen molar-refractivity contribution in [3.05, 3.63) is 64.0 Å². The van der Waals surface area contributed by atoms with Gasteiger partial charge in [0, 0.05) is 50.3 Å². The Bertz CT molecular complexity index is 1290. The summed E-state index contributed by atoms with van der Waals surface area (Å²) in [5.41, 5.74) is 3.98.